The Morgan fingerprint density at radius 1 is 0.722 bits per heavy atom. The molecule has 6 nitrogen and oxygen atoms in total. The van der Waals surface area contributed by atoms with Gasteiger partial charge in [-0.1, -0.05) is 30.3 Å². The molecule has 0 amide bonds. The number of carbonyl (C=O) groups is 3. The normalized spacial score (nSPS) is 10.1. The second kappa shape index (κ2) is 19.1. The van der Waals surface area contributed by atoms with Gasteiger partial charge >= 0.3 is 17.9 Å². The molecule has 0 heterocycles. The van der Waals surface area contributed by atoms with Crippen LogP contribution in [0.5, 0.6) is 0 Å². The van der Waals surface area contributed by atoms with Crippen molar-refractivity contribution in [3.05, 3.63) is 59.7 Å². The molecule has 0 aromatic heterocycles. The molecule has 0 aliphatic carbocycles. The van der Waals surface area contributed by atoms with Crippen LogP contribution < -0.4 is 0 Å². The van der Waals surface area contributed by atoms with Gasteiger partial charge in [-0.2, -0.15) is 11.8 Å². The maximum absolute atomic E-state index is 10.6. The molecule has 2 aromatic carbocycles. The summed E-state index contributed by atoms with van der Waals surface area (Å²) >= 11 is 5.04. The van der Waals surface area contributed by atoms with Crippen molar-refractivity contribution >= 4 is 53.2 Å². The smallest absolute Gasteiger partial charge is 0.302 e. The van der Waals surface area contributed by atoms with Crippen LogP contribution in [0, 0.1) is 0 Å². The Morgan fingerprint density at radius 2 is 1.25 bits per heavy atom. The first-order valence-corrected chi connectivity index (χ1v) is 14.8. The monoisotopic (exact) mass is 554 g/mol. The highest BCUT2D eigenvalue weighted by Crippen LogP contribution is 2.21. The number of benzene rings is 2. The zero-order valence-electron chi connectivity index (χ0n) is 22.4. The van der Waals surface area contributed by atoms with E-state index >= 15 is 0 Å². The zero-order chi connectivity index (χ0) is 27.6. The van der Waals surface area contributed by atoms with Crippen molar-refractivity contribution in [1.82, 2.24) is 0 Å². The summed E-state index contributed by atoms with van der Waals surface area (Å²) < 4.78 is 14.7. The van der Waals surface area contributed by atoms with E-state index in [1.165, 1.54) is 25.7 Å². The van der Waals surface area contributed by atoms with E-state index in [2.05, 4.69) is 0 Å². The van der Waals surface area contributed by atoms with Crippen LogP contribution in [0.3, 0.4) is 0 Å². The molecular formula is C27H38O6S3. The first kappa shape index (κ1) is 33.9. The van der Waals surface area contributed by atoms with Crippen molar-refractivity contribution in [2.24, 2.45) is 0 Å². The fourth-order valence-corrected chi connectivity index (χ4v) is 3.43. The first-order valence-electron chi connectivity index (χ1n) is 11.1. The van der Waals surface area contributed by atoms with Crippen LogP contribution in [-0.4, -0.2) is 48.0 Å². The molecule has 36 heavy (non-hydrogen) atoms. The van der Waals surface area contributed by atoms with Crippen LogP contribution in [0.4, 0.5) is 0 Å². The predicted octanol–water partition coefficient (Wildman–Crippen LogP) is 6.63. The summed E-state index contributed by atoms with van der Waals surface area (Å²) in [7, 11) is 0. The van der Waals surface area contributed by atoms with Crippen LogP contribution in [-0.2, 0) is 41.8 Å². The third-order valence-corrected chi connectivity index (χ3v) is 7.20. The van der Waals surface area contributed by atoms with E-state index in [4.69, 9.17) is 14.2 Å². The molecule has 0 fully saturated rings. The first-order chi connectivity index (χ1) is 16.9. The molecule has 0 aliphatic heterocycles. The fourth-order valence-electron chi connectivity index (χ4n) is 2.24. The van der Waals surface area contributed by atoms with Gasteiger partial charge in [0.1, 0.15) is 19.8 Å². The lowest BCUT2D eigenvalue weighted by atomic mass is 10.2. The molecule has 0 N–H and O–H groups in total. The van der Waals surface area contributed by atoms with Gasteiger partial charge in [0.2, 0.25) is 0 Å². The summed E-state index contributed by atoms with van der Waals surface area (Å²) in [6, 6.07) is 15.9. The van der Waals surface area contributed by atoms with Crippen molar-refractivity contribution < 1.29 is 28.6 Å². The molecule has 0 saturated carbocycles. The van der Waals surface area contributed by atoms with Crippen LogP contribution in [0.2, 0.25) is 0 Å². The third kappa shape index (κ3) is 17.3. The molecule has 0 atom stereocenters. The van der Waals surface area contributed by atoms with E-state index in [0.717, 1.165) is 16.0 Å². The lowest BCUT2D eigenvalue weighted by Gasteiger charge is -2.20. The van der Waals surface area contributed by atoms with Crippen LogP contribution >= 0.6 is 35.3 Å². The molecule has 200 valence electrons. The minimum Gasteiger partial charge on any atom is -0.464 e. The van der Waals surface area contributed by atoms with Crippen LogP contribution in [0.15, 0.2) is 58.3 Å². The molecule has 0 saturated heterocycles. The molecule has 0 radical (unpaired) electrons. The van der Waals surface area contributed by atoms with Gasteiger partial charge in [-0.3, -0.25) is 14.4 Å². The van der Waals surface area contributed by atoms with E-state index in [9.17, 15) is 14.4 Å². The highest BCUT2D eigenvalue weighted by atomic mass is 32.2. The number of thioether (sulfide) groups is 3. The van der Waals surface area contributed by atoms with Crippen molar-refractivity contribution in [3.63, 3.8) is 0 Å². The molecule has 0 unspecified atom stereocenters. The number of esters is 3. The molecule has 2 rings (SSSR count). The Labute approximate surface area is 228 Å². The predicted molar refractivity (Wildman–Crippen MR) is 152 cm³/mol. The van der Waals surface area contributed by atoms with E-state index in [1.807, 2.05) is 81.1 Å². The van der Waals surface area contributed by atoms with Gasteiger partial charge in [0, 0.05) is 40.9 Å². The van der Waals surface area contributed by atoms with Gasteiger partial charge in [-0.05, 0) is 56.4 Å². The van der Waals surface area contributed by atoms with Gasteiger partial charge in [0.15, 0.2) is 0 Å². The molecule has 0 aliphatic rings. The standard InChI is InChI=1S/2C10H12O2S.C7H14O2S/c1-8(11)12-7-9-3-5-10(13-2)6-4-9;1-8(11)12-7-9-5-3-4-6-10(9)13-2;1-6(8)9-5-7(2,3)10-4/h2*3-6H,7H2,1-2H3;5H2,1-4H3. The van der Waals surface area contributed by atoms with Gasteiger partial charge in [-0.15, -0.1) is 23.5 Å². The van der Waals surface area contributed by atoms with Crippen LogP contribution in [0.25, 0.3) is 0 Å². The summed E-state index contributed by atoms with van der Waals surface area (Å²) in [5, 5.41) is 0. The van der Waals surface area contributed by atoms with Gasteiger partial charge in [0.25, 0.3) is 0 Å². The topological polar surface area (TPSA) is 78.9 Å². The van der Waals surface area contributed by atoms with Gasteiger partial charge in [-0.25, -0.2) is 0 Å². The molecule has 2 aromatic rings. The van der Waals surface area contributed by atoms with Crippen molar-refractivity contribution in [3.8, 4) is 0 Å². The molecular weight excluding hydrogens is 516 g/mol. The number of ether oxygens (including phenoxy) is 3. The number of rotatable bonds is 9. The summed E-state index contributed by atoms with van der Waals surface area (Å²) in [6.45, 7) is 9.56. The van der Waals surface area contributed by atoms with Crippen molar-refractivity contribution in [1.29, 1.82) is 0 Å². The third-order valence-electron chi connectivity index (χ3n) is 4.40. The SMILES string of the molecule is CSC(C)(C)COC(C)=O.CSc1ccc(COC(C)=O)cc1.CSc1ccccc1COC(C)=O. The van der Waals surface area contributed by atoms with Crippen LogP contribution in [0.1, 0.15) is 45.7 Å². The average Bonchev–Trinajstić information content (AvgIpc) is 2.86. The molecule has 0 bridgehead atoms. The number of hydrogen-bond donors (Lipinski definition) is 0. The molecule has 9 heteroatoms. The number of carbonyl (C=O) groups excluding carboxylic acids is 3. The summed E-state index contributed by atoms with van der Waals surface area (Å²) in [5.41, 5.74) is 2.08. The Kier molecular flexibility index (Phi) is 18.0. The fraction of sp³-hybridized carbons (Fsp3) is 0.444. The maximum atomic E-state index is 10.6. The maximum Gasteiger partial charge on any atom is 0.302 e. The second-order valence-corrected chi connectivity index (χ2v) is 11.2. The van der Waals surface area contributed by atoms with Gasteiger partial charge in [0.05, 0.1) is 0 Å². The van der Waals surface area contributed by atoms with E-state index in [-0.39, 0.29) is 22.7 Å². The highest BCUT2D eigenvalue weighted by Gasteiger charge is 2.16. The quantitative estimate of drug-likeness (QED) is 0.193. The Morgan fingerprint density at radius 3 is 1.72 bits per heavy atom. The molecule has 0 spiro atoms. The Balaban J connectivity index is 0.000000517. The largest absolute Gasteiger partial charge is 0.464 e. The van der Waals surface area contributed by atoms with E-state index < -0.39 is 0 Å². The zero-order valence-corrected chi connectivity index (χ0v) is 24.9. The Hall–Kier alpha value is -2.10. The van der Waals surface area contributed by atoms with Crippen molar-refractivity contribution in [2.75, 3.05) is 25.4 Å². The summed E-state index contributed by atoms with van der Waals surface area (Å²) in [6.07, 6.45) is 6.04. The van der Waals surface area contributed by atoms with Crippen molar-refractivity contribution in [2.45, 2.75) is 62.4 Å². The van der Waals surface area contributed by atoms with Gasteiger partial charge < -0.3 is 14.2 Å². The minimum absolute atomic E-state index is 0.0473. The minimum atomic E-state index is -0.242. The lowest BCUT2D eigenvalue weighted by molar-refractivity contribution is -0.143. The average molecular weight is 555 g/mol. The van der Waals surface area contributed by atoms with E-state index in [0.29, 0.717) is 19.8 Å². The Bertz CT molecular complexity index is 929. The van der Waals surface area contributed by atoms with E-state index in [1.54, 1.807) is 35.3 Å². The lowest BCUT2D eigenvalue weighted by Crippen LogP contribution is -2.23. The number of hydrogen-bond acceptors (Lipinski definition) is 9. The second-order valence-electron chi connectivity index (χ2n) is 7.96. The summed E-state index contributed by atoms with van der Waals surface area (Å²) in [5.74, 6) is -0.688. The highest BCUT2D eigenvalue weighted by molar-refractivity contribution is 8.00. The summed E-state index contributed by atoms with van der Waals surface area (Å²) in [4.78, 5) is 33.8.